The topological polar surface area (TPSA) is 314 Å². The molecule has 0 saturated carbocycles. The number of carboxylic acid groups (broad SMARTS) is 1. The van der Waals surface area contributed by atoms with E-state index in [1.807, 2.05) is 0 Å². The molecule has 0 bridgehead atoms. The van der Waals surface area contributed by atoms with Gasteiger partial charge >= 0.3 is 5.97 Å². The summed E-state index contributed by atoms with van der Waals surface area (Å²) in [7, 11) is 0. The van der Waals surface area contributed by atoms with Gasteiger partial charge in [0, 0.05) is 19.8 Å². The molecule has 2 fully saturated rings. The maximum absolute atomic E-state index is 13.3. The van der Waals surface area contributed by atoms with Gasteiger partial charge in [-0.15, -0.1) is 0 Å². The Balaban J connectivity index is 2.05. The summed E-state index contributed by atoms with van der Waals surface area (Å²) >= 11 is 0. The Morgan fingerprint density at radius 1 is 0.662 bits per heavy atom. The van der Waals surface area contributed by atoms with E-state index >= 15 is 0 Å². The first-order valence-electron chi connectivity index (χ1n) is 27.5. The lowest BCUT2D eigenvalue weighted by molar-refractivity contribution is -0.339. The molecule has 2 rings (SSSR count). The van der Waals surface area contributed by atoms with E-state index in [4.69, 9.17) is 18.9 Å². The first-order chi connectivity index (χ1) is 34.0. The molecular formula is C52H98N2O17. The zero-order chi connectivity index (χ0) is 52.6. The van der Waals surface area contributed by atoms with E-state index in [-0.39, 0.29) is 18.7 Å². The Hall–Kier alpha value is -2.11. The number of carboxylic acids is 1. The average Bonchev–Trinajstić information content (AvgIpc) is 3.34. The fourth-order valence-electron chi connectivity index (χ4n) is 9.50. The van der Waals surface area contributed by atoms with Crippen LogP contribution in [0.5, 0.6) is 0 Å². The quantitative estimate of drug-likeness (QED) is 0.0382. The van der Waals surface area contributed by atoms with Crippen LogP contribution in [0.1, 0.15) is 207 Å². The lowest BCUT2D eigenvalue weighted by Crippen LogP contribution is -2.68. The van der Waals surface area contributed by atoms with Crippen LogP contribution in [0.25, 0.3) is 0 Å². The molecule has 12 N–H and O–H groups in total. The molecule has 2 heterocycles. The molecule has 2 saturated heterocycles. The molecule has 2 aliphatic rings. The number of unbranched alkanes of at least 4 members (excludes halogenated alkanes) is 24. The van der Waals surface area contributed by atoms with Crippen molar-refractivity contribution in [2.24, 2.45) is 0 Å². The van der Waals surface area contributed by atoms with Gasteiger partial charge in [0.25, 0.3) is 5.79 Å². The predicted molar refractivity (Wildman–Crippen MR) is 266 cm³/mol. The highest BCUT2D eigenvalue weighted by Crippen LogP contribution is 2.35. The molecular weight excluding hydrogens is 925 g/mol. The molecule has 0 radical (unpaired) electrons. The summed E-state index contributed by atoms with van der Waals surface area (Å²) in [5.74, 6) is -5.70. The van der Waals surface area contributed by atoms with Crippen LogP contribution in [0.15, 0.2) is 0 Å². The van der Waals surface area contributed by atoms with Crippen molar-refractivity contribution in [2.75, 3.05) is 19.8 Å². The van der Waals surface area contributed by atoms with Crippen LogP contribution in [-0.4, -0.2) is 174 Å². The number of aliphatic hydroxyl groups excluding tert-OH is 9. The first kappa shape index (κ1) is 65.0. The standard InChI is InChI=1S/C52H98N2O17/c1-4-6-8-10-12-14-16-17-18-19-21-23-25-27-29-31-42(60)54-37(44(61)38(57)30-28-26-24-22-20-15-13-11-9-7-5-2)34-68-50-48(65)47(64)46(63)41(70-50)35-69-52(51(66)67)32-39(58)43(53-36(3)56)49(71-52)45(62)40(59)33-55/h37-41,43-50,55,57-59,61-65H,4-35H2,1-3H3,(H,53,56)(H,54,60)(H,66,67)/t37-,38+,39-,40+,41+,43+,44-,45+,46+,47-,48+,49+,50+,52+/m0/s1. The maximum atomic E-state index is 13.3. The fraction of sp³-hybridized carbons (Fsp3) is 0.942. The number of rotatable bonds is 42. The normalized spacial score (nSPS) is 26.9. The third-order valence-electron chi connectivity index (χ3n) is 14.0. The highest BCUT2D eigenvalue weighted by Gasteiger charge is 2.57. The molecule has 14 atom stereocenters. The van der Waals surface area contributed by atoms with Crippen LogP contribution in [0.3, 0.4) is 0 Å². The van der Waals surface area contributed by atoms with Gasteiger partial charge in [-0.25, -0.2) is 4.79 Å². The second-order valence-electron chi connectivity index (χ2n) is 20.3. The molecule has 0 spiro atoms. The second kappa shape index (κ2) is 37.6. The van der Waals surface area contributed by atoms with Gasteiger partial charge in [-0.05, 0) is 12.8 Å². The van der Waals surface area contributed by atoms with Crippen molar-refractivity contribution >= 4 is 17.8 Å². The van der Waals surface area contributed by atoms with Crippen molar-refractivity contribution in [2.45, 2.75) is 292 Å². The SMILES string of the molecule is CCCCCCCCCCCCCCCCCC(=O)N[C@@H](CO[C@@H]1O[C@H](CO[C@]2(C(=O)O)C[C@H](O)[C@@H](NC(C)=O)[C@H]([C@H](O)[C@H](O)CO)O2)[C@@H](O)[C@H](O)[C@H]1O)[C@H](O)[C@H](O)CCCCCCCCCCCCC. The summed E-state index contributed by atoms with van der Waals surface area (Å²) in [4.78, 5) is 37.9. The fourth-order valence-corrected chi connectivity index (χ4v) is 9.50. The molecule has 71 heavy (non-hydrogen) atoms. The lowest BCUT2D eigenvalue weighted by atomic mass is 9.88. The largest absolute Gasteiger partial charge is 0.477 e. The van der Waals surface area contributed by atoms with Gasteiger partial charge < -0.3 is 80.6 Å². The van der Waals surface area contributed by atoms with Crippen LogP contribution >= 0.6 is 0 Å². The summed E-state index contributed by atoms with van der Waals surface area (Å²) in [6.45, 7) is 3.12. The van der Waals surface area contributed by atoms with Crippen LogP contribution in [0, 0.1) is 0 Å². The van der Waals surface area contributed by atoms with E-state index in [0.717, 1.165) is 58.3 Å². The molecule has 0 aromatic heterocycles. The smallest absolute Gasteiger partial charge is 0.364 e. The van der Waals surface area contributed by atoms with Crippen molar-refractivity contribution in [1.82, 2.24) is 10.6 Å². The van der Waals surface area contributed by atoms with E-state index in [1.54, 1.807) is 0 Å². The van der Waals surface area contributed by atoms with E-state index < -0.39 is 123 Å². The Labute approximate surface area is 423 Å². The van der Waals surface area contributed by atoms with Gasteiger partial charge in [0.1, 0.15) is 48.8 Å². The highest BCUT2D eigenvalue weighted by molar-refractivity contribution is 5.77. The summed E-state index contributed by atoms with van der Waals surface area (Å²) < 4.78 is 22.9. The molecule has 0 aromatic rings. The molecule has 418 valence electrons. The number of carbonyl (C=O) groups excluding carboxylic acids is 2. The highest BCUT2D eigenvalue weighted by atomic mass is 16.7. The van der Waals surface area contributed by atoms with Crippen LogP contribution in [0.4, 0.5) is 0 Å². The maximum Gasteiger partial charge on any atom is 0.364 e. The van der Waals surface area contributed by atoms with Gasteiger partial charge in [-0.3, -0.25) is 9.59 Å². The second-order valence-corrected chi connectivity index (χ2v) is 20.3. The summed E-state index contributed by atoms with van der Waals surface area (Å²) in [5.41, 5.74) is 0. The van der Waals surface area contributed by atoms with Crippen LogP contribution < -0.4 is 10.6 Å². The number of amides is 2. The monoisotopic (exact) mass is 1020 g/mol. The van der Waals surface area contributed by atoms with Crippen molar-refractivity contribution in [3.8, 4) is 0 Å². The summed E-state index contributed by atoms with van der Waals surface area (Å²) in [6.07, 6.45) is 9.91. The minimum absolute atomic E-state index is 0.160. The van der Waals surface area contributed by atoms with Crippen LogP contribution in [-0.2, 0) is 33.3 Å². The van der Waals surface area contributed by atoms with Gasteiger partial charge in [0.05, 0.1) is 44.1 Å². The number of ether oxygens (including phenoxy) is 4. The number of nitrogens with one attached hydrogen (secondary N) is 2. The number of hydrogen-bond donors (Lipinski definition) is 12. The van der Waals surface area contributed by atoms with Crippen molar-refractivity contribution in [3.05, 3.63) is 0 Å². The van der Waals surface area contributed by atoms with E-state index in [1.165, 1.54) is 103 Å². The Kier molecular flexibility index (Phi) is 34.4. The summed E-state index contributed by atoms with van der Waals surface area (Å²) in [5, 5.41) is 112. The van der Waals surface area contributed by atoms with Crippen LogP contribution in [0.2, 0.25) is 0 Å². The molecule has 19 nitrogen and oxygen atoms in total. The first-order valence-corrected chi connectivity index (χ1v) is 27.5. The molecule has 2 aliphatic heterocycles. The van der Waals surface area contributed by atoms with Gasteiger partial charge in [-0.2, -0.15) is 0 Å². The zero-order valence-corrected chi connectivity index (χ0v) is 43.5. The molecule has 0 unspecified atom stereocenters. The van der Waals surface area contributed by atoms with E-state index in [9.17, 15) is 65.4 Å². The zero-order valence-electron chi connectivity index (χ0n) is 43.5. The number of hydrogen-bond acceptors (Lipinski definition) is 16. The number of aliphatic hydroxyl groups is 9. The third-order valence-corrected chi connectivity index (χ3v) is 14.0. The number of carbonyl (C=O) groups is 3. The molecule has 2 amide bonds. The predicted octanol–water partition coefficient (Wildman–Crippen LogP) is 4.15. The molecule has 0 aromatic carbocycles. The Morgan fingerprint density at radius 2 is 1.14 bits per heavy atom. The third kappa shape index (κ3) is 24.9. The minimum Gasteiger partial charge on any atom is -0.477 e. The van der Waals surface area contributed by atoms with Gasteiger partial charge in [0.2, 0.25) is 11.8 Å². The molecule has 19 heteroatoms. The minimum atomic E-state index is -2.80. The van der Waals surface area contributed by atoms with Crippen molar-refractivity contribution < 1.29 is 84.4 Å². The summed E-state index contributed by atoms with van der Waals surface area (Å²) in [6, 6.07) is -2.66. The van der Waals surface area contributed by atoms with E-state index in [0.29, 0.717) is 12.8 Å². The van der Waals surface area contributed by atoms with Crippen molar-refractivity contribution in [1.29, 1.82) is 0 Å². The number of aliphatic carboxylic acids is 1. The molecule has 0 aliphatic carbocycles. The van der Waals surface area contributed by atoms with Crippen molar-refractivity contribution in [3.63, 3.8) is 0 Å². The van der Waals surface area contributed by atoms with Gasteiger partial charge in [0.15, 0.2) is 6.29 Å². The lowest BCUT2D eigenvalue weighted by Gasteiger charge is -2.47. The average molecular weight is 1020 g/mol. The Morgan fingerprint density at radius 3 is 1.61 bits per heavy atom. The Bertz CT molecular complexity index is 1400. The van der Waals surface area contributed by atoms with Gasteiger partial charge in [-0.1, -0.05) is 174 Å². The van der Waals surface area contributed by atoms with E-state index in [2.05, 4.69) is 24.5 Å².